The molecule has 0 aliphatic rings. The van der Waals surface area contributed by atoms with Gasteiger partial charge in [-0.15, -0.1) is 0 Å². The highest BCUT2D eigenvalue weighted by Crippen LogP contribution is 2.19. The van der Waals surface area contributed by atoms with E-state index in [0.717, 1.165) is 16.9 Å². The number of benzene rings is 3. The SMILES string of the molecule is CCCC(=CC(=Cc1ccc(OCc2ccc(OCc3ccccc3)cc2)cc1)C(=O)O)C(=O)O. The van der Waals surface area contributed by atoms with E-state index in [2.05, 4.69) is 0 Å². The predicted octanol–water partition coefficient (Wildman–Crippen LogP) is 6.12. The monoisotopic (exact) mass is 472 g/mol. The van der Waals surface area contributed by atoms with Crippen molar-refractivity contribution in [3.05, 3.63) is 113 Å². The summed E-state index contributed by atoms with van der Waals surface area (Å²) in [4.78, 5) is 22.9. The summed E-state index contributed by atoms with van der Waals surface area (Å²) in [6, 6.07) is 24.6. The van der Waals surface area contributed by atoms with E-state index in [9.17, 15) is 19.8 Å². The van der Waals surface area contributed by atoms with Crippen LogP contribution in [0.15, 0.2) is 96.1 Å². The molecule has 0 saturated heterocycles. The van der Waals surface area contributed by atoms with Crippen molar-refractivity contribution in [2.45, 2.75) is 33.0 Å². The number of hydrogen-bond acceptors (Lipinski definition) is 4. The zero-order chi connectivity index (χ0) is 25.0. The minimum atomic E-state index is -1.18. The summed E-state index contributed by atoms with van der Waals surface area (Å²) in [6.07, 6.45) is 3.57. The molecule has 0 aliphatic heterocycles. The second-order valence-electron chi connectivity index (χ2n) is 7.91. The van der Waals surface area contributed by atoms with Crippen LogP contribution in [0.1, 0.15) is 36.5 Å². The van der Waals surface area contributed by atoms with Crippen LogP contribution in [0.2, 0.25) is 0 Å². The van der Waals surface area contributed by atoms with Crippen LogP contribution in [-0.2, 0) is 22.8 Å². The van der Waals surface area contributed by atoms with Gasteiger partial charge >= 0.3 is 11.9 Å². The minimum Gasteiger partial charge on any atom is -0.489 e. The number of ether oxygens (including phenoxy) is 2. The molecule has 0 saturated carbocycles. The molecule has 0 spiro atoms. The number of aliphatic carboxylic acids is 2. The zero-order valence-corrected chi connectivity index (χ0v) is 19.5. The van der Waals surface area contributed by atoms with Crippen LogP contribution in [0.4, 0.5) is 0 Å². The first-order valence-corrected chi connectivity index (χ1v) is 11.3. The van der Waals surface area contributed by atoms with Gasteiger partial charge in [-0.05, 0) is 59.5 Å². The summed E-state index contributed by atoms with van der Waals surface area (Å²) < 4.78 is 11.6. The highest BCUT2D eigenvalue weighted by Gasteiger charge is 2.11. The van der Waals surface area contributed by atoms with E-state index >= 15 is 0 Å². The third kappa shape index (κ3) is 8.19. The van der Waals surface area contributed by atoms with Crippen LogP contribution in [-0.4, -0.2) is 22.2 Å². The summed E-state index contributed by atoms with van der Waals surface area (Å²) in [6.45, 7) is 2.72. The molecule has 6 nitrogen and oxygen atoms in total. The fourth-order valence-corrected chi connectivity index (χ4v) is 3.29. The van der Waals surface area contributed by atoms with E-state index < -0.39 is 11.9 Å². The van der Waals surface area contributed by atoms with Crippen molar-refractivity contribution in [1.29, 1.82) is 0 Å². The van der Waals surface area contributed by atoms with Crippen LogP contribution in [0.25, 0.3) is 6.08 Å². The topological polar surface area (TPSA) is 93.1 Å². The molecule has 0 aromatic heterocycles. The normalized spacial score (nSPS) is 11.7. The predicted molar refractivity (Wildman–Crippen MR) is 134 cm³/mol. The molecule has 35 heavy (non-hydrogen) atoms. The van der Waals surface area contributed by atoms with Gasteiger partial charge in [0.05, 0.1) is 5.57 Å². The average molecular weight is 473 g/mol. The molecule has 0 heterocycles. The highest BCUT2D eigenvalue weighted by molar-refractivity contribution is 5.98. The molecule has 6 heteroatoms. The average Bonchev–Trinajstić information content (AvgIpc) is 2.87. The minimum absolute atomic E-state index is 0.0672. The van der Waals surface area contributed by atoms with Gasteiger partial charge in [-0.1, -0.05) is 67.9 Å². The maximum Gasteiger partial charge on any atom is 0.335 e. The quantitative estimate of drug-likeness (QED) is 0.244. The van der Waals surface area contributed by atoms with Crippen LogP contribution >= 0.6 is 0 Å². The molecule has 2 N–H and O–H groups in total. The van der Waals surface area contributed by atoms with Crippen molar-refractivity contribution < 1.29 is 29.3 Å². The van der Waals surface area contributed by atoms with Crippen molar-refractivity contribution in [2.24, 2.45) is 0 Å². The Morgan fingerprint density at radius 3 is 1.80 bits per heavy atom. The molecule has 0 aliphatic carbocycles. The van der Waals surface area contributed by atoms with Crippen LogP contribution in [0.5, 0.6) is 11.5 Å². The Bertz CT molecular complexity index is 1180. The molecule has 3 aromatic rings. The van der Waals surface area contributed by atoms with Crippen LogP contribution < -0.4 is 9.47 Å². The van der Waals surface area contributed by atoms with Crippen LogP contribution in [0, 0.1) is 0 Å². The number of carboxylic acid groups (broad SMARTS) is 2. The molecular weight excluding hydrogens is 444 g/mol. The Balaban J connectivity index is 1.58. The van der Waals surface area contributed by atoms with E-state index in [1.54, 1.807) is 24.3 Å². The number of carboxylic acids is 2. The van der Waals surface area contributed by atoms with E-state index in [4.69, 9.17) is 9.47 Å². The third-order valence-corrected chi connectivity index (χ3v) is 5.15. The number of carbonyl (C=O) groups is 2. The Morgan fingerprint density at radius 1 is 0.743 bits per heavy atom. The lowest BCUT2D eigenvalue weighted by atomic mass is 10.0. The Hall–Kier alpha value is -4.32. The Morgan fingerprint density at radius 2 is 1.29 bits per heavy atom. The Labute approximate surface area is 204 Å². The zero-order valence-electron chi connectivity index (χ0n) is 19.5. The third-order valence-electron chi connectivity index (χ3n) is 5.15. The van der Waals surface area contributed by atoms with Gasteiger partial charge in [0.1, 0.15) is 24.7 Å². The lowest BCUT2D eigenvalue weighted by Gasteiger charge is -2.09. The molecule has 0 radical (unpaired) electrons. The number of hydrogen-bond donors (Lipinski definition) is 2. The maximum atomic E-state index is 11.6. The molecule has 3 aromatic carbocycles. The van der Waals surface area contributed by atoms with E-state index in [1.165, 1.54) is 12.2 Å². The molecule has 0 unspecified atom stereocenters. The van der Waals surface area contributed by atoms with Gasteiger partial charge in [0.25, 0.3) is 0 Å². The van der Waals surface area contributed by atoms with E-state index in [0.29, 0.717) is 37.4 Å². The lowest BCUT2D eigenvalue weighted by molar-refractivity contribution is -0.133. The molecule has 0 bridgehead atoms. The van der Waals surface area contributed by atoms with Crippen molar-refractivity contribution in [3.8, 4) is 11.5 Å². The van der Waals surface area contributed by atoms with Gasteiger partial charge < -0.3 is 19.7 Å². The van der Waals surface area contributed by atoms with Gasteiger partial charge in [0, 0.05) is 5.57 Å². The van der Waals surface area contributed by atoms with Crippen molar-refractivity contribution in [1.82, 2.24) is 0 Å². The molecule has 180 valence electrons. The molecular formula is C29H28O6. The summed E-state index contributed by atoms with van der Waals surface area (Å²) in [5.41, 5.74) is 2.70. The first-order valence-electron chi connectivity index (χ1n) is 11.3. The van der Waals surface area contributed by atoms with Gasteiger partial charge in [-0.2, -0.15) is 0 Å². The molecule has 3 rings (SSSR count). The fourth-order valence-electron chi connectivity index (χ4n) is 3.29. The summed E-state index contributed by atoms with van der Waals surface area (Å²) in [5.74, 6) is -0.881. The van der Waals surface area contributed by atoms with Crippen molar-refractivity contribution in [3.63, 3.8) is 0 Å². The summed E-state index contributed by atoms with van der Waals surface area (Å²) in [7, 11) is 0. The van der Waals surface area contributed by atoms with Gasteiger partial charge in [-0.25, -0.2) is 9.59 Å². The largest absolute Gasteiger partial charge is 0.489 e. The Kier molecular flexibility index (Phi) is 9.25. The smallest absolute Gasteiger partial charge is 0.335 e. The van der Waals surface area contributed by atoms with E-state index in [1.807, 2.05) is 61.5 Å². The van der Waals surface area contributed by atoms with Crippen LogP contribution in [0.3, 0.4) is 0 Å². The molecule has 0 amide bonds. The molecule has 0 atom stereocenters. The van der Waals surface area contributed by atoms with Crippen molar-refractivity contribution in [2.75, 3.05) is 0 Å². The molecule has 0 fully saturated rings. The summed E-state index contributed by atoms with van der Waals surface area (Å²) in [5, 5.41) is 18.7. The summed E-state index contributed by atoms with van der Waals surface area (Å²) >= 11 is 0. The first-order chi connectivity index (χ1) is 16.9. The van der Waals surface area contributed by atoms with Crippen molar-refractivity contribution >= 4 is 18.0 Å². The van der Waals surface area contributed by atoms with Gasteiger partial charge in [0.2, 0.25) is 0 Å². The lowest BCUT2D eigenvalue weighted by Crippen LogP contribution is -2.05. The second-order valence-corrected chi connectivity index (χ2v) is 7.91. The maximum absolute atomic E-state index is 11.6. The fraction of sp³-hybridized carbons (Fsp3) is 0.172. The van der Waals surface area contributed by atoms with Gasteiger partial charge in [-0.3, -0.25) is 0 Å². The first kappa shape index (κ1) is 25.3. The highest BCUT2D eigenvalue weighted by atomic mass is 16.5. The second kappa shape index (κ2) is 12.8. The van der Waals surface area contributed by atoms with E-state index in [-0.39, 0.29) is 11.1 Å². The standard InChI is InChI=1S/C29H28O6/c1-2-6-24(28(30)31)18-25(29(32)33)17-21-9-13-26(14-10-21)35-20-23-11-15-27(16-12-23)34-19-22-7-4-3-5-8-22/h3-5,7-18H,2,6,19-20H2,1H3,(H,30,31)(H,32,33). The number of rotatable bonds is 12. The van der Waals surface area contributed by atoms with Gasteiger partial charge in [0.15, 0.2) is 0 Å².